The Kier molecular flexibility index (Phi) is 7.23. The molecular weight excluding hydrogens is 452 g/mol. The highest BCUT2D eigenvalue weighted by Crippen LogP contribution is 2.38. The third-order valence-corrected chi connectivity index (χ3v) is 5.46. The van der Waals surface area contributed by atoms with Gasteiger partial charge in [-0.1, -0.05) is 55.8 Å². The standard InChI is InChI=1S/C24H24BrClO3/c1-24(2,18-13-21(25)23(27-3)22(26)14-18)16-28-15-17-8-7-11-20(12-17)29-19-9-5-4-6-10-19/h4-14H,15-16H2,1-3H3. The Bertz CT molecular complexity index is 934. The van der Waals surface area contributed by atoms with Gasteiger partial charge in [-0.15, -0.1) is 0 Å². The molecular formula is C24H24BrClO3. The van der Waals surface area contributed by atoms with E-state index in [-0.39, 0.29) is 5.41 Å². The van der Waals surface area contributed by atoms with Crippen molar-refractivity contribution in [1.82, 2.24) is 0 Å². The quantitative estimate of drug-likeness (QED) is 0.340. The molecule has 3 nitrogen and oxygen atoms in total. The van der Waals surface area contributed by atoms with Gasteiger partial charge in [0.25, 0.3) is 0 Å². The Hall–Kier alpha value is -2.01. The molecule has 0 unspecified atom stereocenters. The molecule has 0 N–H and O–H groups in total. The summed E-state index contributed by atoms with van der Waals surface area (Å²) in [5, 5.41) is 0.579. The Balaban J connectivity index is 1.62. The number of ether oxygens (including phenoxy) is 3. The van der Waals surface area contributed by atoms with Crippen LogP contribution in [-0.4, -0.2) is 13.7 Å². The van der Waals surface area contributed by atoms with Crippen molar-refractivity contribution in [1.29, 1.82) is 0 Å². The molecule has 0 atom stereocenters. The second kappa shape index (κ2) is 9.66. The molecule has 3 rings (SSSR count). The molecule has 0 fully saturated rings. The van der Waals surface area contributed by atoms with Crippen molar-refractivity contribution in [2.75, 3.05) is 13.7 Å². The average Bonchev–Trinajstić information content (AvgIpc) is 2.69. The number of halogens is 2. The normalized spacial score (nSPS) is 11.3. The summed E-state index contributed by atoms with van der Waals surface area (Å²) in [4.78, 5) is 0. The maximum Gasteiger partial charge on any atom is 0.151 e. The molecule has 0 aromatic heterocycles. The van der Waals surface area contributed by atoms with Gasteiger partial charge in [0.05, 0.1) is 29.8 Å². The van der Waals surface area contributed by atoms with Crippen LogP contribution in [0.4, 0.5) is 0 Å². The number of benzene rings is 3. The Morgan fingerprint density at radius 1 is 0.931 bits per heavy atom. The first-order chi connectivity index (χ1) is 13.9. The summed E-state index contributed by atoms with van der Waals surface area (Å²) >= 11 is 9.87. The predicted octanol–water partition coefficient (Wildman–Crippen LogP) is 7.40. The third kappa shape index (κ3) is 5.75. The topological polar surface area (TPSA) is 27.7 Å². The molecule has 0 heterocycles. The number of hydrogen-bond donors (Lipinski definition) is 0. The maximum atomic E-state index is 6.34. The van der Waals surface area contributed by atoms with Crippen LogP contribution in [0.25, 0.3) is 0 Å². The van der Waals surface area contributed by atoms with Crippen molar-refractivity contribution >= 4 is 27.5 Å². The van der Waals surface area contributed by atoms with Gasteiger partial charge in [0.1, 0.15) is 11.5 Å². The van der Waals surface area contributed by atoms with E-state index in [1.807, 2.05) is 66.7 Å². The Morgan fingerprint density at radius 2 is 1.66 bits per heavy atom. The Morgan fingerprint density at radius 3 is 2.34 bits per heavy atom. The van der Waals surface area contributed by atoms with Crippen LogP contribution in [0.2, 0.25) is 5.02 Å². The van der Waals surface area contributed by atoms with Crippen molar-refractivity contribution in [3.05, 3.63) is 87.4 Å². The summed E-state index contributed by atoms with van der Waals surface area (Å²) < 4.78 is 18.1. The minimum Gasteiger partial charge on any atom is -0.494 e. The molecule has 3 aromatic rings. The van der Waals surface area contributed by atoms with Gasteiger partial charge >= 0.3 is 0 Å². The van der Waals surface area contributed by atoms with Crippen LogP contribution in [0.5, 0.6) is 17.2 Å². The van der Waals surface area contributed by atoms with Gasteiger partial charge < -0.3 is 14.2 Å². The van der Waals surface area contributed by atoms with Gasteiger partial charge in [-0.3, -0.25) is 0 Å². The SMILES string of the molecule is COc1c(Cl)cc(C(C)(C)COCc2cccc(Oc3ccccc3)c2)cc1Br. The van der Waals surface area contributed by atoms with Crippen LogP contribution < -0.4 is 9.47 Å². The lowest BCUT2D eigenvalue weighted by molar-refractivity contribution is 0.0824. The van der Waals surface area contributed by atoms with Gasteiger partial charge in [-0.25, -0.2) is 0 Å². The molecule has 3 aromatic carbocycles. The fourth-order valence-electron chi connectivity index (χ4n) is 2.98. The number of para-hydroxylation sites is 1. The predicted molar refractivity (Wildman–Crippen MR) is 121 cm³/mol. The van der Waals surface area contributed by atoms with Crippen LogP contribution in [0, 0.1) is 0 Å². The van der Waals surface area contributed by atoms with Crippen LogP contribution in [0.3, 0.4) is 0 Å². The van der Waals surface area contributed by atoms with Crippen LogP contribution in [0.1, 0.15) is 25.0 Å². The number of methoxy groups -OCH3 is 1. The van der Waals surface area contributed by atoms with Gasteiger partial charge in [0, 0.05) is 5.41 Å². The van der Waals surface area contributed by atoms with E-state index in [0.29, 0.717) is 24.0 Å². The van der Waals surface area contributed by atoms with Crippen LogP contribution in [-0.2, 0) is 16.8 Å². The van der Waals surface area contributed by atoms with E-state index >= 15 is 0 Å². The highest BCUT2D eigenvalue weighted by molar-refractivity contribution is 9.10. The smallest absolute Gasteiger partial charge is 0.151 e. The molecule has 5 heteroatoms. The molecule has 0 saturated heterocycles. The summed E-state index contributed by atoms with van der Waals surface area (Å²) in [6.45, 7) is 5.31. The third-order valence-electron chi connectivity index (χ3n) is 4.59. The van der Waals surface area contributed by atoms with E-state index in [1.54, 1.807) is 7.11 Å². The molecule has 0 aliphatic heterocycles. The molecule has 0 radical (unpaired) electrons. The molecule has 0 bridgehead atoms. The minimum atomic E-state index is -0.212. The summed E-state index contributed by atoms with van der Waals surface area (Å²) in [5.74, 6) is 2.25. The van der Waals surface area contributed by atoms with Crippen LogP contribution in [0.15, 0.2) is 71.2 Å². The van der Waals surface area contributed by atoms with Crippen molar-refractivity contribution in [3.8, 4) is 17.2 Å². The van der Waals surface area contributed by atoms with Crippen LogP contribution >= 0.6 is 27.5 Å². The minimum absolute atomic E-state index is 0.212. The first kappa shape index (κ1) is 21.7. The van der Waals surface area contributed by atoms with E-state index in [2.05, 4.69) is 29.8 Å². The van der Waals surface area contributed by atoms with Gasteiger partial charge in [0.15, 0.2) is 5.75 Å². The highest BCUT2D eigenvalue weighted by Gasteiger charge is 2.23. The van der Waals surface area contributed by atoms with Gasteiger partial charge in [-0.05, 0) is 63.5 Å². The van der Waals surface area contributed by atoms with Crippen molar-refractivity contribution in [3.63, 3.8) is 0 Å². The summed E-state index contributed by atoms with van der Waals surface area (Å²) in [6, 6.07) is 21.7. The molecule has 152 valence electrons. The van der Waals surface area contributed by atoms with E-state index in [9.17, 15) is 0 Å². The monoisotopic (exact) mass is 474 g/mol. The van der Waals surface area contributed by atoms with E-state index in [4.69, 9.17) is 25.8 Å². The highest BCUT2D eigenvalue weighted by atomic mass is 79.9. The number of rotatable bonds is 8. The fraction of sp³-hybridized carbons (Fsp3) is 0.250. The zero-order valence-electron chi connectivity index (χ0n) is 16.7. The second-order valence-corrected chi connectivity index (χ2v) is 8.67. The maximum absolute atomic E-state index is 6.34. The average molecular weight is 476 g/mol. The van der Waals surface area contributed by atoms with E-state index in [0.717, 1.165) is 27.1 Å². The second-order valence-electron chi connectivity index (χ2n) is 7.41. The van der Waals surface area contributed by atoms with Crippen molar-refractivity contribution in [2.45, 2.75) is 25.9 Å². The first-order valence-corrected chi connectivity index (χ1v) is 10.5. The molecule has 0 spiro atoms. The largest absolute Gasteiger partial charge is 0.494 e. The number of hydrogen-bond acceptors (Lipinski definition) is 3. The first-order valence-electron chi connectivity index (χ1n) is 9.32. The molecule has 0 amide bonds. The van der Waals surface area contributed by atoms with E-state index < -0.39 is 0 Å². The zero-order chi connectivity index (χ0) is 20.9. The van der Waals surface area contributed by atoms with Gasteiger partial charge in [0.2, 0.25) is 0 Å². The lowest BCUT2D eigenvalue weighted by Crippen LogP contribution is -2.24. The molecule has 0 saturated carbocycles. The van der Waals surface area contributed by atoms with E-state index in [1.165, 1.54) is 0 Å². The summed E-state index contributed by atoms with van der Waals surface area (Å²) in [5.41, 5.74) is 1.93. The van der Waals surface area contributed by atoms with Crippen molar-refractivity contribution < 1.29 is 14.2 Å². The molecule has 29 heavy (non-hydrogen) atoms. The Labute approximate surface area is 185 Å². The molecule has 0 aliphatic carbocycles. The molecule has 0 aliphatic rings. The van der Waals surface area contributed by atoms with Gasteiger partial charge in [-0.2, -0.15) is 0 Å². The lowest BCUT2D eigenvalue weighted by atomic mass is 9.85. The zero-order valence-corrected chi connectivity index (χ0v) is 19.1. The fourth-order valence-corrected chi connectivity index (χ4v) is 4.01. The summed E-state index contributed by atoms with van der Waals surface area (Å²) in [6.07, 6.45) is 0. The lowest BCUT2D eigenvalue weighted by Gasteiger charge is -2.26. The summed E-state index contributed by atoms with van der Waals surface area (Å²) in [7, 11) is 1.61. The van der Waals surface area contributed by atoms with Crippen molar-refractivity contribution in [2.24, 2.45) is 0 Å².